The van der Waals surface area contributed by atoms with Crippen molar-refractivity contribution in [3.05, 3.63) is 69.4 Å². The van der Waals surface area contributed by atoms with Crippen LogP contribution in [0.3, 0.4) is 0 Å². The summed E-state index contributed by atoms with van der Waals surface area (Å²) in [5.41, 5.74) is -7.09. The normalized spacial score (nSPS) is 33.7. The van der Waals surface area contributed by atoms with Crippen molar-refractivity contribution in [1.29, 1.82) is 0 Å². The maximum Gasteiger partial charge on any atom is 0.408 e. The van der Waals surface area contributed by atoms with Crippen LogP contribution in [0.2, 0.25) is 0 Å². The first-order valence-electron chi connectivity index (χ1n) is 21.0. The van der Waals surface area contributed by atoms with Crippen molar-refractivity contribution < 1.29 is 67.8 Å². The van der Waals surface area contributed by atoms with Gasteiger partial charge in [0.2, 0.25) is 0 Å². The van der Waals surface area contributed by atoms with Crippen molar-refractivity contribution in [3.8, 4) is 0 Å². The predicted octanol–water partition coefficient (Wildman–Crippen LogP) is 5.05. The lowest BCUT2D eigenvalue weighted by atomic mass is 9.41. The van der Waals surface area contributed by atoms with Gasteiger partial charge < -0.3 is 44.3 Å². The largest absolute Gasteiger partial charge is 0.458 e. The number of aliphatic hydroxyl groups excluding tert-OH is 2. The number of esters is 4. The number of benzene rings is 1. The van der Waals surface area contributed by atoms with Gasteiger partial charge >= 0.3 is 30.0 Å². The number of carbonyl (C=O) groups excluding carboxylic acids is 6. The number of fused-ring (bicyclic) bond motifs is 5. The number of amides is 1. The van der Waals surface area contributed by atoms with E-state index in [1.807, 2.05) is 0 Å². The zero-order chi connectivity index (χ0) is 44.2. The Balaban J connectivity index is 1.38. The standard InChI is InChI=1S/C45H55NO14S/c1-7-31(49)58-35-32-23(2)28(57-40(53)34(50)33(29-17-12-20-61-29)46-41(54)56-27-15-11-16-27)22-45(55,42(32,4)5)38(59-39(52)25-13-9-8-10-14-25)36-43(6,37(35)51)30(48)21-26-18-19-44(26,36)60-24(3)47/h8-10,12-14,17,20,26-28,30,33-36,38,48,50,55H,7,11,15-16,18-19,21-22H2,1-6H3,(H,46,54)/t26-,28+,30?,33+,34-,35?,36?,38?,43-,44+,45-/m1/s1. The van der Waals surface area contributed by atoms with Gasteiger partial charge in [0.1, 0.15) is 35.6 Å². The van der Waals surface area contributed by atoms with Crippen LogP contribution in [0.4, 0.5) is 4.79 Å². The zero-order valence-electron chi connectivity index (χ0n) is 35.2. The highest BCUT2D eigenvalue weighted by molar-refractivity contribution is 7.10. The van der Waals surface area contributed by atoms with Crippen LogP contribution in [-0.4, -0.2) is 98.9 Å². The number of thiophene rings is 1. The number of ether oxygens (including phenoxy) is 5. The third kappa shape index (κ3) is 7.46. The molecule has 61 heavy (non-hydrogen) atoms. The molecule has 0 spiro atoms. The van der Waals surface area contributed by atoms with E-state index in [4.69, 9.17) is 23.7 Å². The lowest BCUT2D eigenvalue weighted by molar-refractivity contribution is -0.296. The van der Waals surface area contributed by atoms with E-state index in [1.165, 1.54) is 37.3 Å². The molecule has 4 saturated carbocycles. The Morgan fingerprint density at radius 3 is 2.25 bits per heavy atom. The summed E-state index contributed by atoms with van der Waals surface area (Å²) in [4.78, 5) is 83.9. The molecule has 5 aliphatic carbocycles. The van der Waals surface area contributed by atoms with Crippen molar-refractivity contribution in [2.45, 2.75) is 147 Å². The molecule has 4 fully saturated rings. The number of hydrogen-bond donors (Lipinski definition) is 4. The van der Waals surface area contributed by atoms with Crippen LogP contribution in [0.25, 0.3) is 0 Å². The fraction of sp³-hybridized carbons (Fsp3) is 0.600. The Kier molecular flexibility index (Phi) is 12.1. The summed E-state index contributed by atoms with van der Waals surface area (Å²) in [6.45, 7) is 8.98. The summed E-state index contributed by atoms with van der Waals surface area (Å²) in [7, 11) is 0. The number of rotatable bonds is 11. The molecular weight excluding hydrogens is 811 g/mol. The molecule has 330 valence electrons. The second-order valence-corrected chi connectivity index (χ2v) is 18.9. The van der Waals surface area contributed by atoms with Crippen LogP contribution < -0.4 is 5.32 Å². The first kappa shape index (κ1) is 44.4. The van der Waals surface area contributed by atoms with Crippen LogP contribution in [0.1, 0.15) is 114 Å². The molecular formula is C45H55NO14S. The molecule has 16 heteroatoms. The van der Waals surface area contributed by atoms with Gasteiger partial charge in [0.15, 0.2) is 18.0 Å². The Morgan fingerprint density at radius 1 is 0.967 bits per heavy atom. The van der Waals surface area contributed by atoms with E-state index in [9.17, 15) is 39.3 Å². The molecule has 2 aromatic rings. The van der Waals surface area contributed by atoms with E-state index in [0.717, 1.165) is 6.42 Å². The minimum Gasteiger partial charge on any atom is -0.458 e. The summed E-state index contributed by atoms with van der Waals surface area (Å²) in [5, 5.41) is 41.8. The van der Waals surface area contributed by atoms with E-state index in [2.05, 4.69) is 5.32 Å². The van der Waals surface area contributed by atoms with Gasteiger partial charge in [-0.15, -0.1) is 11.3 Å². The Bertz CT molecular complexity index is 2080. The van der Waals surface area contributed by atoms with Gasteiger partial charge in [-0.1, -0.05) is 45.0 Å². The molecule has 0 radical (unpaired) electrons. The molecule has 4 unspecified atom stereocenters. The summed E-state index contributed by atoms with van der Waals surface area (Å²) in [5.74, 6) is -6.28. The number of Topliss-reactive ketones (excluding diaryl/α,β-unsaturated/α-hetero) is 1. The highest BCUT2D eigenvalue weighted by Crippen LogP contribution is 2.67. The molecule has 0 aliphatic heterocycles. The quantitative estimate of drug-likeness (QED) is 0.132. The zero-order valence-corrected chi connectivity index (χ0v) is 36.0. The number of nitrogens with one attached hydrogen (secondary N) is 1. The van der Waals surface area contributed by atoms with Gasteiger partial charge in [-0.05, 0) is 87.1 Å². The maximum atomic E-state index is 15.6. The Morgan fingerprint density at radius 2 is 1.67 bits per heavy atom. The van der Waals surface area contributed by atoms with Gasteiger partial charge in [0, 0.05) is 36.0 Å². The third-order valence-electron chi connectivity index (χ3n) is 14.3. The van der Waals surface area contributed by atoms with Crippen molar-refractivity contribution in [3.63, 3.8) is 0 Å². The topological polar surface area (TPSA) is 221 Å². The first-order chi connectivity index (χ1) is 28.8. The van der Waals surface area contributed by atoms with Crippen LogP contribution in [0, 0.1) is 22.7 Å². The number of hydrogen-bond acceptors (Lipinski definition) is 15. The highest BCUT2D eigenvalue weighted by Gasteiger charge is 2.77. The van der Waals surface area contributed by atoms with E-state index in [-0.39, 0.29) is 42.1 Å². The van der Waals surface area contributed by atoms with Gasteiger partial charge in [-0.3, -0.25) is 14.4 Å². The molecule has 1 aromatic carbocycles. The summed E-state index contributed by atoms with van der Waals surface area (Å²) in [6.07, 6.45) is -7.16. The molecule has 7 rings (SSSR count). The first-order valence-corrected chi connectivity index (χ1v) is 21.9. The molecule has 0 saturated heterocycles. The second kappa shape index (κ2) is 16.6. The van der Waals surface area contributed by atoms with Crippen LogP contribution >= 0.6 is 11.3 Å². The van der Waals surface area contributed by atoms with Crippen LogP contribution in [0.15, 0.2) is 59.0 Å². The van der Waals surface area contributed by atoms with E-state index in [1.54, 1.807) is 63.4 Å². The summed E-state index contributed by atoms with van der Waals surface area (Å²) >= 11 is 1.18. The average Bonchev–Trinajstić information content (AvgIpc) is 3.74. The SMILES string of the molecule is CCC(=O)OC1C(=O)[C@]2(C)C(O)C[C@H]3CC[C@@]3(OC(C)=O)C2C(OC(=O)c2ccccc2)[C@]2(O)C[C@H](OC(=O)[C@H](O)[C@@H](NC(=O)OC3CCC3)c3cccs3)C(C)=C1C2(C)C. The fourth-order valence-corrected chi connectivity index (χ4v) is 11.3. The van der Waals surface area contributed by atoms with E-state index < -0.39 is 113 Å². The van der Waals surface area contributed by atoms with Crippen molar-refractivity contribution >= 4 is 47.1 Å². The molecule has 1 heterocycles. The molecule has 1 aromatic heterocycles. The smallest absolute Gasteiger partial charge is 0.408 e. The molecule has 2 bridgehead atoms. The molecule has 15 nitrogen and oxygen atoms in total. The Hall–Kier alpha value is -4.64. The molecule has 4 N–H and O–H groups in total. The predicted molar refractivity (Wildman–Crippen MR) is 217 cm³/mol. The van der Waals surface area contributed by atoms with Crippen molar-refractivity contribution in [2.75, 3.05) is 0 Å². The highest BCUT2D eigenvalue weighted by atomic mass is 32.1. The number of alkyl carbamates (subject to hydrolysis) is 1. The average molecular weight is 866 g/mol. The summed E-state index contributed by atoms with van der Waals surface area (Å²) in [6, 6.07) is 9.97. The minimum absolute atomic E-state index is 0.0193. The monoisotopic (exact) mass is 865 g/mol. The fourth-order valence-electron chi connectivity index (χ4n) is 10.5. The number of aliphatic hydroxyl groups is 3. The van der Waals surface area contributed by atoms with E-state index in [0.29, 0.717) is 24.1 Å². The lowest BCUT2D eigenvalue weighted by Gasteiger charge is -2.68. The van der Waals surface area contributed by atoms with Gasteiger partial charge in [0.05, 0.1) is 23.0 Å². The molecule has 1 amide bonds. The molecule has 11 atom stereocenters. The van der Waals surface area contributed by atoms with E-state index >= 15 is 4.79 Å². The van der Waals surface area contributed by atoms with Gasteiger partial charge in [-0.2, -0.15) is 0 Å². The van der Waals surface area contributed by atoms with Crippen LogP contribution in [0.5, 0.6) is 0 Å². The summed E-state index contributed by atoms with van der Waals surface area (Å²) < 4.78 is 30.2. The second-order valence-electron chi connectivity index (χ2n) is 17.9. The minimum atomic E-state index is -2.33. The van der Waals surface area contributed by atoms with Crippen LogP contribution in [-0.2, 0) is 42.9 Å². The molecule has 5 aliphatic rings. The number of carbonyl (C=O) groups is 6. The third-order valence-corrected chi connectivity index (χ3v) is 15.2. The van der Waals surface area contributed by atoms with Crippen molar-refractivity contribution in [1.82, 2.24) is 5.32 Å². The van der Waals surface area contributed by atoms with Gasteiger partial charge in [-0.25, -0.2) is 14.4 Å². The lowest BCUT2D eigenvalue weighted by Crippen LogP contribution is -2.78. The van der Waals surface area contributed by atoms with Gasteiger partial charge in [0.25, 0.3) is 0 Å². The van der Waals surface area contributed by atoms with Crippen molar-refractivity contribution in [2.24, 2.45) is 22.7 Å². The number of ketones is 1. The Labute approximate surface area is 358 Å². The maximum absolute atomic E-state index is 15.6.